The second-order valence-corrected chi connectivity index (χ2v) is 3.65. The minimum atomic E-state index is -0.636. The summed E-state index contributed by atoms with van der Waals surface area (Å²) in [5.41, 5.74) is 0. The number of rotatable bonds is 6. The van der Waals surface area contributed by atoms with Gasteiger partial charge < -0.3 is 14.9 Å². The molecule has 0 aliphatic carbocycles. The molecule has 0 spiro atoms. The molecule has 0 fully saturated rings. The number of Topliss-reactive ketones (excluding diaryl/α,β-unsaturated/α-hetero) is 1. The maximum Gasteiger partial charge on any atom is 0.406 e. The molecule has 0 aliphatic heterocycles. The first-order valence-electron chi connectivity index (χ1n) is 5.31. The fourth-order valence-corrected chi connectivity index (χ4v) is 1.15. The Hall–Kier alpha value is -1.98. The Kier molecular flexibility index (Phi) is 4.56. The normalized spacial score (nSPS) is 11.9. The van der Waals surface area contributed by atoms with Gasteiger partial charge in [-0.1, -0.05) is 13.8 Å². The SMILES string of the molecule is CCC(C)C(=O)COc1cccnc1[N+](=O)[O-]. The van der Waals surface area contributed by atoms with E-state index in [9.17, 15) is 14.9 Å². The number of pyridine rings is 1. The van der Waals surface area contributed by atoms with Crippen molar-refractivity contribution < 1.29 is 14.5 Å². The molecule has 0 aliphatic rings. The third-order valence-electron chi connectivity index (χ3n) is 2.46. The van der Waals surface area contributed by atoms with Gasteiger partial charge in [0.2, 0.25) is 5.75 Å². The molecule has 1 rings (SSSR count). The van der Waals surface area contributed by atoms with Crippen LogP contribution >= 0.6 is 0 Å². The van der Waals surface area contributed by atoms with Gasteiger partial charge in [0.1, 0.15) is 12.8 Å². The lowest BCUT2D eigenvalue weighted by Crippen LogP contribution is -2.19. The fraction of sp³-hybridized carbons (Fsp3) is 0.455. The summed E-state index contributed by atoms with van der Waals surface area (Å²) < 4.78 is 5.13. The summed E-state index contributed by atoms with van der Waals surface area (Å²) in [5, 5.41) is 10.6. The molecule has 6 heteroatoms. The third-order valence-corrected chi connectivity index (χ3v) is 2.46. The Balaban J connectivity index is 2.69. The highest BCUT2D eigenvalue weighted by molar-refractivity contribution is 5.82. The molecule has 0 saturated heterocycles. The van der Waals surface area contributed by atoms with Gasteiger partial charge in [0, 0.05) is 5.92 Å². The lowest BCUT2D eigenvalue weighted by molar-refractivity contribution is -0.390. The Labute approximate surface area is 98.8 Å². The van der Waals surface area contributed by atoms with Crippen LogP contribution in [0.2, 0.25) is 0 Å². The molecule has 0 N–H and O–H groups in total. The topological polar surface area (TPSA) is 82.3 Å². The standard InChI is InChI=1S/C11H14N2O4/c1-3-8(2)9(14)7-17-10-5-4-6-12-11(10)13(15)16/h4-6,8H,3,7H2,1-2H3. The van der Waals surface area contributed by atoms with Gasteiger partial charge in [0.15, 0.2) is 5.78 Å². The van der Waals surface area contributed by atoms with E-state index >= 15 is 0 Å². The maximum absolute atomic E-state index is 11.5. The molecule has 17 heavy (non-hydrogen) atoms. The average Bonchev–Trinajstić information content (AvgIpc) is 2.35. The van der Waals surface area contributed by atoms with Crippen molar-refractivity contribution in [3.63, 3.8) is 0 Å². The molecule has 1 unspecified atom stereocenters. The molecule has 0 saturated carbocycles. The Morgan fingerprint density at radius 2 is 2.35 bits per heavy atom. The van der Waals surface area contributed by atoms with E-state index in [-0.39, 0.29) is 29.9 Å². The largest absolute Gasteiger partial charge is 0.478 e. The van der Waals surface area contributed by atoms with Crippen LogP contribution in [0.25, 0.3) is 0 Å². The molecule has 92 valence electrons. The summed E-state index contributed by atoms with van der Waals surface area (Å²) in [6.07, 6.45) is 2.03. The molecule has 1 atom stereocenters. The Morgan fingerprint density at radius 3 is 2.94 bits per heavy atom. The minimum Gasteiger partial charge on any atom is -0.478 e. The van der Waals surface area contributed by atoms with Gasteiger partial charge in [-0.25, -0.2) is 0 Å². The van der Waals surface area contributed by atoms with Gasteiger partial charge in [0.25, 0.3) is 0 Å². The van der Waals surface area contributed by atoms with Gasteiger partial charge in [0.05, 0.1) is 0 Å². The summed E-state index contributed by atoms with van der Waals surface area (Å²) in [6, 6.07) is 2.95. The summed E-state index contributed by atoms with van der Waals surface area (Å²) in [5.74, 6) is -0.532. The summed E-state index contributed by atoms with van der Waals surface area (Å²) in [7, 11) is 0. The Morgan fingerprint density at radius 1 is 1.65 bits per heavy atom. The van der Waals surface area contributed by atoms with Gasteiger partial charge in [-0.3, -0.25) is 4.79 Å². The van der Waals surface area contributed by atoms with Crippen molar-refractivity contribution >= 4 is 11.6 Å². The molecule has 0 bridgehead atoms. The van der Waals surface area contributed by atoms with Crippen molar-refractivity contribution in [2.75, 3.05) is 6.61 Å². The summed E-state index contributed by atoms with van der Waals surface area (Å²) in [4.78, 5) is 25.1. The van der Waals surface area contributed by atoms with Crippen molar-refractivity contribution in [2.45, 2.75) is 20.3 Å². The highest BCUT2D eigenvalue weighted by atomic mass is 16.6. The van der Waals surface area contributed by atoms with E-state index in [0.29, 0.717) is 0 Å². The highest BCUT2D eigenvalue weighted by Gasteiger charge is 2.18. The van der Waals surface area contributed by atoms with Crippen LogP contribution in [0.15, 0.2) is 18.3 Å². The molecule has 6 nitrogen and oxygen atoms in total. The predicted octanol–water partition coefficient (Wildman–Crippen LogP) is 1.98. The van der Waals surface area contributed by atoms with Crippen molar-refractivity contribution in [1.29, 1.82) is 0 Å². The number of carbonyl (C=O) groups is 1. The van der Waals surface area contributed by atoms with Crippen LogP contribution in [0.1, 0.15) is 20.3 Å². The fourth-order valence-electron chi connectivity index (χ4n) is 1.15. The van der Waals surface area contributed by atoms with E-state index < -0.39 is 4.92 Å². The predicted molar refractivity (Wildman–Crippen MR) is 60.8 cm³/mol. The number of ether oxygens (including phenoxy) is 1. The van der Waals surface area contributed by atoms with Crippen LogP contribution in [0.3, 0.4) is 0 Å². The maximum atomic E-state index is 11.5. The summed E-state index contributed by atoms with van der Waals surface area (Å²) >= 11 is 0. The number of hydrogen-bond donors (Lipinski definition) is 0. The van der Waals surface area contributed by atoms with E-state index in [4.69, 9.17) is 4.74 Å². The number of hydrogen-bond acceptors (Lipinski definition) is 5. The van der Waals surface area contributed by atoms with E-state index in [2.05, 4.69) is 4.98 Å². The number of ketones is 1. The molecule has 1 heterocycles. The zero-order chi connectivity index (χ0) is 12.8. The lowest BCUT2D eigenvalue weighted by atomic mass is 10.1. The molecule has 0 radical (unpaired) electrons. The monoisotopic (exact) mass is 238 g/mol. The van der Waals surface area contributed by atoms with Crippen molar-refractivity contribution in [2.24, 2.45) is 5.92 Å². The van der Waals surface area contributed by atoms with E-state index in [1.165, 1.54) is 18.3 Å². The van der Waals surface area contributed by atoms with Crippen LogP contribution in [-0.2, 0) is 4.79 Å². The van der Waals surface area contributed by atoms with Crippen LogP contribution in [0, 0.1) is 16.0 Å². The van der Waals surface area contributed by atoms with Crippen molar-refractivity contribution in [1.82, 2.24) is 4.98 Å². The molecular formula is C11H14N2O4. The number of nitrogens with zero attached hydrogens (tertiary/aromatic N) is 2. The van der Waals surface area contributed by atoms with Crippen molar-refractivity contribution in [3.05, 3.63) is 28.4 Å². The van der Waals surface area contributed by atoms with E-state index in [1.807, 2.05) is 6.92 Å². The number of carbonyl (C=O) groups excluding carboxylic acids is 1. The Bertz CT molecular complexity index is 420. The second-order valence-electron chi connectivity index (χ2n) is 3.65. The van der Waals surface area contributed by atoms with Crippen molar-refractivity contribution in [3.8, 4) is 5.75 Å². The lowest BCUT2D eigenvalue weighted by Gasteiger charge is -2.08. The minimum absolute atomic E-state index is 0.0224. The van der Waals surface area contributed by atoms with Gasteiger partial charge in [-0.15, -0.1) is 0 Å². The van der Waals surface area contributed by atoms with E-state index in [1.54, 1.807) is 6.92 Å². The number of aromatic nitrogens is 1. The third kappa shape index (κ3) is 3.51. The average molecular weight is 238 g/mol. The zero-order valence-electron chi connectivity index (χ0n) is 9.75. The van der Waals surface area contributed by atoms with Gasteiger partial charge in [-0.2, -0.15) is 0 Å². The van der Waals surface area contributed by atoms with E-state index in [0.717, 1.165) is 6.42 Å². The van der Waals surface area contributed by atoms with Crippen LogP contribution in [-0.4, -0.2) is 22.3 Å². The first kappa shape index (κ1) is 13.1. The molecule has 0 amide bonds. The van der Waals surface area contributed by atoms with Crippen LogP contribution < -0.4 is 4.74 Å². The van der Waals surface area contributed by atoms with Crippen LogP contribution in [0.5, 0.6) is 5.75 Å². The summed E-state index contributed by atoms with van der Waals surface area (Å²) in [6.45, 7) is 3.53. The molecule has 1 aromatic heterocycles. The van der Waals surface area contributed by atoms with Gasteiger partial charge >= 0.3 is 5.82 Å². The van der Waals surface area contributed by atoms with Gasteiger partial charge in [-0.05, 0) is 28.5 Å². The smallest absolute Gasteiger partial charge is 0.406 e. The quantitative estimate of drug-likeness (QED) is 0.559. The second kappa shape index (κ2) is 5.93. The molecule has 0 aromatic carbocycles. The molecule has 1 aromatic rings. The zero-order valence-corrected chi connectivity index (χ0v) is 9.75. The first-order valence-corrected chi connectivity index (χ1v) is 5.31. The van der Waals surface area contributed by atoms with Crippen LogP contribution in [0.4, 0.5) is 5.82 Å². The number of nitro groups is 1. The molecular weight excluding hydrogens is 224 g/mol. The highest BCUT2D eigenvalue weighted by Crippen LogP contribution is 2.22. The first-order chi connectivity index (χ1) is 8.06.